The molecule has 2 aromatic heterocycles. The molecule has 0 bridgehead atoms. The second kappa shape index (κ2) is 8.82. The number of H-pyrrole nitrogens is 1. The summed E-state index contributed by atoms with van der Waals surface area (Å²) < 4.78 is 0. The van der Waals surface area contributed by atoms with E-state index in [1.165, 1.54) is 5.56 Å². The molecule has 4 aromatic rings. The van der Waals surface area contributed by atoms with Gasteiger partial charge in [-0.15, -0.1) is 0 Å². The Morgan fingerprint density at radius 1 is 1.14 bits per heavy atom. The van der Waals surface area contributed by atoms with Crippen molar-refractivity contribution in [2.75, 3.05) is 18.8 Å². The van der Waals surface area contributed by atoms with Crippen molar-refractivity contribution >= 4 is 22.8 Å². The van der Waals surface area contributed by atoms with Crippen LogP contribution in [0.25, 0.3) is 22.0 Å². The van der Waals surface area contributed by atoms with Crippen molar-refractivity contribution in [1.29, 1.82) is 0 Å². The van der Waals surface area contributed by atoms with Crippen LogP contribution in [0.2, 0.25) is 0 Å². The van der Waals surface area contributed by atoms with Crippen molar-refractivity contribution in [3.63, 3.8) is 0 Å². The van der Waals surface area contributed by atoms with Crippen LogP contribution in [-0.2, 0) is 5.41 Å². The maximum atomic E-state index is 13.2. The van der Waals surface area contributed by atoms with Crippen LogP contribution in [0, 0.1) is 5.92 Å². The molecule has 0 aliphatic carbocycles. The third-order valence-electron chi connectivity index (χ3n) is 7.60. The summed E-state index contributed by atoms with van der Waals surface area (Å²) in [6.07, 6.45) is 5.70. The normalized spacial score (nSPS) is 17.7. The number of aliphatic hydroxyl groups is 1. The Morgan fingerprint density at radius 2 is 1.86 bits per heavy atom. The van der Waals surface area contributed by atoms with E-state index in [0.717, 1.165) is 27.6 Å². The Balaban J connectivity index is 1.54. The lowest BCUT2D eigenvalue weighted by Crippen LogP contribution is -2.30. The van der Waals surface area contributed by atoms with Gasteiger partial charge in [0.05, 0.1) is 17.2 Å². The first kappa shape index (κ1) is 23.1. The van der Waals surface area contributed by atoms with Crippen LogP contribution < -0.4 is 5.73 Å². The molecular formula is C28H31N5O2. The van der Waals surface area contributed by atoms with E-state index < -0.39 is 6.10 Å². The standard InChI is InChI=1S/C28H31N5O2/c1-17(2)28(3,20-9-7-18(8-10-20)19-13-31-27(29)32-14-19)24-15-30-25-22(24)5-4-6-23(25)26(35)33-12-11-21(34)16-33/h4-10,13-15,17,21,30,34H,11-12,16H2,1-3H3,(H2,29,31,32). The first-order chi connectivity index (χ1) is 16.8. The topological polar surface area (TPSA) is 108 Å². The van der Waals surface area contributed by atoms with E-state index >= 15 is 0 Å². The van der Waals surface area contributed by atoms with Crippen molar-refractivity contribution in [3.8, 4) is 11.1 Å². The van der Waals surface area contributed by atoms with Gasteiger partial charge in [-0.25, -0.2) is 9.97 Å². The molecule has 180 valence electrons. The van der Waals surface area contributed by atoms with Crippen LogP contribution in [0.3, 0.4) is 0 Å². The van der Waals surface area contributed by atoms with Crippen LogP contribution >= 0.6 is 0 Å². The number of fused-ring (bicyclic) bond motifs is 1. The number of benzene rings is 2. The third kappa shape index (κ3) is 3.96. The number of aromatic amines is 1. The van der Waals surface area contributed by atoms with Crippen LogP contribution in [-0.4, -0.2) is 50.1 Å². The highest BCUT2D eigenvalue weighted by Gasteiger charge is 2.35. The van der Waals surface area contributed by atoms with Crippen molar-refractivity contribution in [3.05, 3.63) is 77.7 Å². The number of β-amino-alcohol motifs (C(OH)–C–C–N with tert-alkyl or cyclic N) is 1. The number of hydrogen-bond acceptors (Lipinski definition) is 5. The summed E-state index contributed by atoms with van der Waals surface area (Å²) in [7, 11) is 0. The van der Waals surface area contributed by atoms with E-state index in [9.17, 15) is 9.90 Å². The van der Waals surface area contributed by atoms with Gasteiger partial charge in [0.2, 0.25) is 5.95 Å². The predicted octanol–water partition coefficient (Wildman–Crippen LogP) is 4.38. The number of hydrogen-bond donors (Lipinski definition) is 3. The van der Waals surface area contributed by atoms with Gasteiger partial charge in [0.1, 0.15) is 0 Å². The molecule has 3 heterocycles. The fraction of sp³-hybridized carbons (Fsp3) is 0.321. The molecule has 1 amide bonds. The first-order valence-corrected chi connectivity index (χ1v) is 12.1. The molecule has 5 rings (SSSR count). The highest BCUT2D eigenvalue weighted by atomic mass is 16.3. The minimum Gasteiger partial charge on any atom is -0.391 e. The third-order valence-corrected chi connectivity index (χ3v) is 7.60. The number of carbonyl (C=O) groups excluding carboxylic acids is 1. The van der Waals surface area contributed by atoms with Crippen LogP contribution in [0.5, 0.6) is 0 Å². The number of nitrogens with one attached hydrogen (secondary N) is 1. The number of amides is 1. The first-order valence-electron chi connectivity index (χ1n) is 12.1. The molecule has 2 unspecified atom stereocenters. The average molecular weight is 470 g/mol. The van der Waals surface area contributed by atoms with E-state index in [1.807, 2.05) is 18.3 Å². The average Bonchev–Trinajstić information content (AvgIpc) is 3.50. The summed E-state index contributed by atoms with van der Waals surface area (Å²) in [6, 6.07) is 14.4. The highest BCUT2D eigenvalue weighted by molar-refractivity contribution is 6.06. The zero-order valence-electron chi connectivity index (χ0n) is 20.3. The molecule has 1 aliphatic heterocycles. The fourth-order valence-corrected chi connectivity index (χ4v) is 5.15. The van der Waals surface area contributed by atoms with Crippen molar-refractivity contribution in [2.24, 2.45) is 5.92 Å². The van der Waals surface area contributed by atoms with E-state index in [4.69, 9.17) is 5.73 Å². The number of carbonyl (C=O) groups is 1. The minimum atomic E-state index is -0.440. The molecule has 0 spiro atoms. The Kier molecular flexibility index (Phi) is 5.81. The summed E-state index contributed by atoms with van der Waals surface area (Å²) in [4.78, 5) is 26.6. The number of nitrogens with zero attached hydrogens (tertiary/aromatic N) is 3. The number of rotatable bonds is 5. The molecular weight excluding hydrogens is 438 g/mol. The molecule has 4 N–H and O–H groups in total. The summed E-state index contributed by atoms with van der Waals surface area (Å²) in [5.41, 5.74) is 11.1. The number of anilines is 1. The van der Waals surface area contributed by atoms with E-state index in [0.29, 0.717) is 31.0 Å². The molecule has 35 heavy (non-hydrogen) atoms. The summed E-state index contributed by atoms with van der Waals surface area (Å²) >= 11 is 0. The lowest BCUT2D eigenvalue weighted by Gasteiger charge is -2.35. The van der Waals surface area contributed by atoms with Crippen molar-refractivity contribution < 1.29 is 9.90 Å². The number of nitrogens with two attached hydrogens (primary N) is 1. The Hall–Kier alpha value is -3.71. The maximum Gasteiger partial charge on any atom is 0.256 e. The van der Waals surface area contributed by atoms with Gasteiger partial charge < -0.3 is 20.7 Å². The van der Waals surface area contributed by atoms with Gasteiger partial charge in [-0.3, -0.25) is 4.79 Å². The number of aromatic nitrogens is 3. The van der Waals surface area contributed by atoms with Crippen molar-refractivity contribution in [2.45, 2.75) is 38.7 Å². The zero-order chi connectivity index (χ0) is 24.7. The van der Waals surface area contributed by atoms with E-state index in [-0.39, 0.29) is 17.3 Å². The Morgan fingerprint density at radius 3 is 2.49 bits per heavy atom. The van der Waals surface area contributed by atoms with Crippen LogP contribution in [0.15, 0.2) is 61.1 Å². The number of likely N-dealkylation sites (tertiary alicyclic amines) is 1. The van der Waals surface area contributed by atoms with Gasteiger partial charge in [0.15, 0.2) is 0 Å². The quantitative estimate of drug-likeness (QED) is 0.402. The molecule has 7 heteroatoms. The molecule has 0 radical (unpaired) electrons. The molecule has 2 aromatic carbocycles. The molecule has 2 atom stereocenters. The van der Waals surface area contributed by atoms with Crippen LogP contribution in [0.4, 0.5) is 5.95 Å². The van der Waals surface area contributed by atoms with Gasteiger partial charge in [-0.05, 0) is 35.1 Å². The second-order valence-corrected chi connectivity index (χ2v) is 9.89. The molecule has 1 fully saturated rings. The maximum absolute atomic E-state index is 13.2. The Labute approximate surface area is 205 Å². The number of nitrogen functional groups attached to an aromatic ring is 1. The molecule has 1 aliphatic rings. The summed E-state index contributed by atoms with van der Waals surface area (Å²) in [5.74, 6) is 0.512. The van der Waals surface area contributed by atoms with Gasteiger partial charge >= 0.3 is 0 Å². The summed E-state index contributed by atoms with van der Waals surface area (Å²) in [5, 5.41) is 10.9. The van der Waals surface area contributed by atoms with Crippen LogP contribution in [0.1, 0.15) is 48.7 Å². The SMILES string of the molecule is CC(C)C(C)(c1ccc(-c2cnc(N)nc2)cc1)c1c[nH]c2c(C(=O)N3CCC(O)C3)cccc12. The summed E-state index contributed by atoms with van der Waals surface area (Å²) in [6.45, 7) is 7.67. The van der Waals surface area contributed by atoms with Gasteiger partial charge in [0, 0.05) is 48.0 Å². The monoisotopic (exact) mass is 469 g/mol. The molecule has 1 saturated heterocycles. The highest BCUT2D eigenvalue weighted by Crippen LogP contribution is 2.43. The van der Waals surface area contributed by atoms with E-state index in [2.05, 4.69) is 66.1 Å². The molecule has 7 nitrogen and oxygen atoms in total. The molecule has 0 saturated carbocycles. The fourth-order valence-electron chi connectivity index (χ4n) is 5.15. The predicted molar refractivity (Wildman–Crippen MR) is 138 cm³/mol. The lowest BCUT2D eigenvalue weighted by atomic mass is 9.68. The lowest BCUT2D eigenvalue weighted by molar-refractivity contribution is 0.0766. The van der Waals surface area contributed by atoms with Gasteiger partial charge in [0.25, 0.3) is 5.91 Å². The zero-order valence-corrected chi connectivity index (χ0v) is 20.3. The van der Waals surface area contributed by atoms with E-state index in [1.54, 1.807) is 17.3 Å². The van der Waals surface area contributed by atoms with Gasteiger partial charge in [-0.2, -0.15) is 0 Å². The van der Waals surface area contributed by atoms with Crippen molar-refractivity contribution in [1.82, 2.24) is 19.9 Å². The largest absolute Gasteiger partial charge is 0.391 e. The number of para-hydroxylation sites is 1. The smallest absolute Gasteiger partial charge is 0.256 e. The van der Waals surface area contributed by atoms with Gasteiger partial charge in [-0.1, -0.05) is 57.2 Å². The minimum absolute atomic E-state index is 0.0399. The Bertz CT molecular complexity index is 1360. The second-order valence-electron chi connectivity index (χ2n) is 9.89. The number of aliphatic hydroxyl groups excluding tert-OH is 1.